The van der Waals surface area contributed by atoms with E-state index >= 15 is 0 Å². The van der Waals surface area contributed by atoms with Crippen molar-refractivity contribution in [2.75, 3.05) is 10.6 Å². The lowest BCUT2D eigenvalue weighted by atomic mass is 10.2. The smallest absolute Gasteiger partial charge is 0.226 e. The standard InChI is InChI=1S/C17H21N3O/c1-12(2)17(21)20-16-8-6-15(7-9-16)19-11-14-5-4-13(3)18-10-14/h4-10,12,19H,11H2,1-3H3,(H,20,21). The number of carbonyl (C=O) groups excluding carboxylic acids is 1. The molecule has 1 amide bonds. The van der Waals surface area contributed by atoms with Gasteiger partial charge in [-0.15, -0.1) is 0 Å². The van der Waals surface area contributed by atoms with Crippen LogP contribution in [-0.4, -0.2) is 10.9 Å². The molecule has 0 aliphatic carbocycles. The molecule has 2 aromatic rings. The number of pyridine rings is 1. The van der Waals surface area contributed by atoms with Gasteiger partial charge in [-0.25, -0.2) is 0 Å². The number of benzene rings is 1. The van der Waals surface area contributed by atoms with Gasteiger partial charge in [0.1, 0.15) is 0 Å². The predicted molar refractivity (Wildman–Crippen MR) is 86.2 cm³/mol. The van der Waals surface area contributed by atoms with Gasteiger partial charge in [0.2, 0.25) is 5.91 Å². The van der Waals surface area contributed by atoms with Crippen LogP contribution in [0.4, 0.5) is 11.4 Å². The highest BCUT2D eigenvalue weighted by Crippen LogP contribution is 2.15. The van der Waals surface area contributed by atoms with Crippen LogP contribution < -0.4 is 10.6 Å². The second-order valence-electron chi connectivity index (χ2n) is 5.38. The Morgan fingerprint density at radius 1 is 1.10 bits per heavy atom. The summed E-state index contributed by atoms with van der Waals surface area (Å²) in [5.41, 5.74) is 3.98. The van der Waals surface area contributed by atoms with Crippen LogP contribution in [0, 0.1) is 12.8 Å². The zero-order chi connectivity index (χ0) is 15.2. The van der Waals surface area contributed by atoms with Crippen molar-refractivity contribution in [3.63, 3.8) is 0 Å². The lowest BCUT2D eigenvalue weighted by Gasteiger charge is -2.10. The first kappa shape index (κ1) is 15.0. The Hall–Kier alpha value is -2.36. The average molecular weight is 283 g/mol. The molecule has 0 fully saturated rings. The minimum Gasteiger partial charge on any atom is -0.381 e. The van der Waals surface area contributed by atoms with Crippen LogP contribution in [0.5, 0.6) is 0 Å². The van der Waals surface area contributed by atoms with Crippen molar-refractivity contribution in [2.24, 2.45) is 5.92 Å². The molecule has 0 atom stereocenters. The van der Waals surface area contributed by atoms with Crippen molar-refractivity contribution in [1.82, 2.24) is 4.98 Å². The molecule has 0 aliphatic heterocycles. The van der Waals surface area contributed by atoms with Crippen molar-refractivity contribution in [3.05, 3.63) is 53.9 Å². The monoisotopic (exact) mass is 283 g/mol. The van der Waals surface area contributed by atoms with Gasteiger partial charge >= 0.3 is 0 Å². The fourth-order valence-corrected chi connectivity index (χ4v) is 1.77. The molecule has 4 nitrogen and oxygen atoms in total. The van der Waals surface area contributed by atoms with Gasteiger partial charge in [-0.1, -0.05) is 19.9 Å². The first-order valence-corrected chi connectivity index (χ1v) is 7.11. The molecule has 0 saturated carbocycles. The number of hydrogen-bond donors (Lipinski definition) is 2. The molecule has 0 unspecified atom stereocenters. The van der Waals surface area contributed by atoms with E-state index in [4.69, 9.17) is 0 Å². The summed E-state index contributed by atoms with van der Waals surface area (Å²) in [4.78, 5) is 15.9. The minimum atomic E-state index is -0.0168. The molecule has 21 heavy (non-hydrogen) atoms. The zero-order valence-electron chi connectivity index (χ0n) is 12.7. The van der Waals surface area contributed by atoms with E-state index in [-0.39, 0.29) is 11.8 Å². The van der Waals surface area contributed by atoms with E-state index in [1.807, 2.05) is 57.3 Å². The molecule has 0 saturated heterocycles. The molecular weight excluding hydrogens is 262 g/mol. The SMILES string of the molecule is Cc1ccc(CNc2ccc(NC(=O)C(C)C)cc2)cn1. The summed E-state index contributed by atoms with van der Waals surface area (Å²) in [6.45, 7) is 6.45. The Labute approximate surface area is 125 Å². The van der Waals surface area contributed by atoms with Gasteiger partial charge in [0, 0.05) is 35.7 Å². The predicted octanol–water partition coefficient (Wildman–Crippen LogP) is 3.60. The fourth-order valence-electron chi connectivity index (χ4n) is 1.77. The van der Waals surface area contributed by atoms with Crippen LogP contribution in [-0.2, 0) is 11.3 Å². The van der Waals surface area contributed by atoms with E-state index in [0.717, 1.165) is 29.2 Å². The topological polar surface area (TPSA) is 54.0 Å². The highest BCUT2D eigenvalue weighted by Gasteiger charge is 2.06. The van der Waals surface area contributed by atoms with Crippen LogP contribution in [0.15, 0.2) is 42.6 Å². The Kier molecular flexibility index (Phi) is 4.93. The highest BCUT2D eigenvalue weighted by molar-refractivity contribution is 5.92. The quantitative estimate of drug-likeness (QED) is 0.881. The maximum atomic E-state index is 11.6. The molecule has 2 rings (SSSR count). The van der Waals surface area contributed by atoms with E-state index in [1.165, 1.54) is 0 Å². The number of amides is 1. The Balaban J connectivity index is 1.90. The number of hydrogen-bond acceptors (Lipinski definition) is 3. The van der Waals surface area contributed by atoms with Crippen LogP contribution in [0.3, 0.4) is 0 Å². The van der Waals surface area contributed by atoms with Crippen molar-refractivity contribution in [1.29, 1.82) is 0 Å². The summed E-state index contributed by atoms with van der Waals surface area (Å²) in [5.74, 6) is 0.0123. The van der Waals surface area contributed by atoms with Gasteiger partial charge < -0.3 is 10.6 Å². The third-order valence-corrected chi connectivity index (χ3v) is 3.15. The lowest BCUT2D eigenvalue weighted by molar-refractivity contribution is -0.118. The molecule has 0 radical (unpaired) electrons. The van der Waals surface area contributed by atoms with Crippen molar-refractivity contribution < 1.29 is 4.79 Å². The molecule has 0 bridgehead atoms. The number of nitrogens with one attached hydrogen (secondary N) is 2. The number of nitrogens with zero attached hydrogens (tertiary/aromatic N) is 1. The maximum Gasteiger partial charge on any atom is 0.226 e. The maximum absolute atomic E-state index is 11.6. The second-order valence-corrected chi connectivity index (χ2v) is 5.38. The van der Waals surface area contributed by atoms with Crippen LogP contribution in [0.2, 0.25) is 0 Å². The molecular formula is C17H21N3O. The van der Waals surface area contributed by atoms with Crippen molar-refractivity contribution >= 4 is 17.3 Å². The molecule has 1 aromatic heterocycles. The summed E-state index contributed by atoms with van der Waals surface area (Å²) in [5, 5.41) is 6.20. The first-order valence-electron chi connectivity index (χ1n) is 7.11. The van der Waals surface area contributed by atoms with E-state index in [9.17, 15) is 4.79 Å². The highest BCUT2D eigenvalue weighted by atomic mass is 16.1. The molecule has 2 N–H and O–H groups in total. The number of rotatable bonds is 5. The Morgan fingerprint density at radius 2 is 1.76 bits per heavy atom. The normalized spacial score (nSPS) is 10.5. The van der Waals surface area contributed by atoms with Crippen molar-refractivity contribution in [2.45, 2.75) is 27.3 Å². The second kappa shape index (κ2) is 6.88. The van der Waals surface area contributed by atoms with Crippen molar-refractivity contribution in [3.8, 4) is 0 Å². The van der Waals surface area contributed by atoms with E-state index in [1.54, 1.807) is 0 Å². The van der Waals surface area contributed by atoms with E-state index < -0.39 is 0 Å². The number of carbonyl (C=O) groups is 1. The fraction of sp³-hybridized carbons (Fsp3) is 0.294. The van der Waals surface area contributed by atoms with E-state index in [2.05, 4.69) is 21.7 Å². The summed E-state index contributed by atoms with van der Waals surface area (Å²) in [6.07, 6.45) is 1.87. The molecule has 0 spiro atoms. The summed E-state index contributed by atoms with van der Waals surface area (Å²) >= 11 is 0. The molecule has 1 aromatic carbocycles. The zero-order valence-corrected chi connectivity index (χ0v) is 12.7. The van der Waals surface area contributed by atoms with Crippen LogP contribution in [0.25, 0.3) is 0 Å². The summed E-state index contributed by atoms with van der Waals surface area (Å²) in [6, 6.07) is 11.8. The Morgan fingerprint density at radius 3 is 2.33 bits per heavy atom. The molecule has 0 aliphatic rings. The number of anilines is 2. The molecule has 110 valence electrons. The van der Waals surface area contributed by atoms with Gasteiger partial charge in [0.05, 0.1) is 0 Å². The van der Waals surface area contributed by atoms with Gasteiger partial charge in [-0.2, -0.15) is 0 Å². The largest absolute Gasteiger partial charge is 0.381 e. The molecule has 1 heterocycles. The van der Waals surface area contributed by atoms with Gasteiger partial charge in [-0.05, 0) is 42.8 Å². The third kappa shape index (κ3) is 4.60. The van der Waals surface area contributed by atoms with Gasteiger partial charge in [-0.3, -0.25) is 9.78 Å². The summed E-state index contributed by atoms with van der Waals surface area (Å²) < 4.78 is 0. The van der Waals surface area contributed by atoms with Gasteiger partial charge in [0.15, 0.2) is 0 Å². The first-order chi connectivity index (χ1) is 10.0. The minimum absolute atomic E-state index is 0.0168. The van der Waals surface area contributed by atoms with Gasteiger partial charge in [0.25, 0.3) is 0 Å². The molecule has 4 heteroatoms. The lowest BCUT2D eigenvalue weighted by Crippen LogP contribution is -2.17. The van der Waals surface area contributed by atoms with E-state index in [0.29, 0.717) is 0 Å². The average Bonchev–Trinajstić information content (AvgIpc) is 2.48. The Bertz CT molecular complexity index is 588. The summed E-state index contributed by atoms with van der Waals surface area (Å²) in [7, 11) is 0. The number of aromatic nitrogens is 1. The number of aryl methyl sites for hydroxylation is 1. The van der Waals surface area contributed by atoms with Crippen LogP contribution in [0.1, 0.15) is 25.1 Å². The third-order valence-electron chi connectivity index (χ3n) is 3.15. The van der Waals surface area contributed by atoms with Crippen LogP contribution >= 0.6 is 0 Å².